The van der Waals surface area contributed by atoms with Crippen molar-refractivity contribution >= 4 is 17.7 Å². The molecule has 1 N–H and O–H groups in total. The number of halogens is 2. The van der Waals surface area contributed by atoms with Crippen molar-refractivity contribution in [3.05, 3.63) is 34.6 Å². The van der Waals surface area contributed by atoms with E-state index in [9.17, 15) is 9.18 Å². The lowest BCUT2D eigenvalue weighted by Crippen LogP contribution is -2.31. The van der Waals surface area contributed by atoms with E-state index in [1.807, 2.05) is 13.8 Å². The van der Waals surface area contributed by atoms with Gasteiger partial charge in [0.25, 0.3) is 0 Å². The minimum Gasteiger partial charge on any atom is -0.449 e. The van der Waals surface area contributed by atoms with E-state index in [4.69, 9.17) is 16.3 Å². The Labute approximate surface area is 105 Å². The number of ether oxygens (including phenoxy) is 1. The number of hydrogen-bond acceptors (Lipinski definition) is 2. The Kier molecular flexibility index (Phi) is 5.22. The van der Waals surface area contributed by atoms with Gasteiger partial charge in [-0.05, 0) is 31.5 Å². The van der Waals surface area contributed by atoms with Crippen molar-refractivity contribution in [2.75, 3.05) is 6.61 Å². The Bertz CT molecular complexity index is 396. The molecule has 0 saturated carbocycles. The van der Waals surface area contributed by atoms with Crippen LogP contribution in [-0.2, 0) is 11.2 Å². The quantitative estimate of drug-likeness (QED) is 0.902. The highest BCUT2D eigenvalue weighted by atomic mass is 35.5. The van der Waals surface area contributed by atoms with Gasteiger partial charge in [0, 0.05) is 17.5 Å². The highest BCUT2D eigenvalue weighted by Gasteiger charge is 2.06. The van der Waals surface area contributed by atoms with E-state index in [1.165, 1.54) is 12.1 Å². The molecule has 0 aliphatic rings. The highest BCUT2D eigenvalue weighted by Crippen LogP contribution is 2.17. The number of alkyl carbamates (subject to hydrolysis) is 1. The maximum absolute atomic E-state index is 12.8. The molecule has 0 aliphatic carbocycles. The van der Waals surface area contributed by atoms with Crippen molar-refractivity contribution in [2.24, 2.45) is 0 Å². The zero-order chi connectivity index (χ0) is 12.8. The molecule has 1 rings (SSSR count). The average Bonchev–Trinajstić information content (AvgIpc) is 2.20. The van der Waals surface area contributed by atoms with E-state index in [0.29, 0.717) is 11.4 Å². The van der Waals surface area contributed by atoms with E-state index in [0.717, 1.165) is 5.56 Å². The third kappa shape index (κ3) is 5.04. The molecule has 3 nitrogen and oxygen atoms in total. The fourth-order valence-electron chi connectivity index (χ4n) is 1.26. The predicted molar refractivity (Wildman–Crippen MR) is 64.7 cm³/mol. The molecule has 0 spiro atoms. The third-order valence-electron chi connectivity index (χ3n) is 2.03. The first-order chi connectivity index (χ1) is 7.99. The Morgan fingerprint density at radius 3 is 2.82 bits per heavy atom. The molecular formula is C12H15ClFNO2. The molecule has 0 heterocycles. The van der Waals surface area contributed by atoms with Crippen LogP contribution in [0.1, 0.15) is 19.4 Å². The molecule has 1 aromatic rings. The highest BCUT2D eigenvalue weighted by molar-refractivity contribution is 6.31. The third-order valence-corrected chi connectivity index (χ3v) is 2.38. The lowest BCUT2D eigenvalue weighted by molar-refractivity contribution is 0.145. The molecule has 94 valence electrons. The average molecular weight is 260 g/mol. The molecule has 0 aliphatic heterocycles. The van der Waals surface area contributed by atoms with Gasteiger partial charge in [-0.1, -0.05) is 17.7 Å². The molecule has 0 saturated heterocycles. The first-order valence-corrected chi connectivity index (χ1v) is 5.74. The lowest BCUT2D eigenvalue weighted by atomic mass is 10.1. The minimum absolute atomic E-state index is 0.0388. The van der Waals surface area contributed by atoms with Crippen molar-refractivity contribution in [1.29, 1.82) is 0 Å². The molecule has 17 heavy (non-hydrogen) atoms. The molecule has 0 radical (unpaired) electrons. The van der Waals surface area contributed by atoms with Crippen LogP contribution in [-0.4, -0.2) is 18.7 Å². The second-order valence-electron chi connectivity index (χ2n) is 3.92. The molecule has 1 aromatic carbocycles. The van der Waals surface area contributed by atoms with Crippen molar-refractivity contribution in [1.82, 2.24) is 5.32 Å². The summed E-state index contributed by atoms with van der Waals surface area (Å²) in [6.07, 6.45) is 0.00296. The van der Waals surface area contributed by atoms with Crippen molar-refractivity contribution in [2.45, 2.75) is 26.3 Å². The van der Waals surface area contributed by atoms with Crippen molar-refractivity contribution < 1.29 is 13.9 Å². The van der Waals surface area contributed by atoms with E-state index in [2.05, 4.69) is 5.32 Å². The van der Waals surface area contributed by atoms with Gasteiger partial charge in [-0.15, -0.1) is 0 Å². The summed E-state index contributed by atoms with van der Waals surface area (Å²) in [5.74, 6) is -0.378. The normalized spacial score (nSPS) is 10.4. The van der Waals surface area contributed by atoms with E-state index in [-0.39, 0.29) is 18.5 Å². The number of carbonyl (C=O) groups is 1. The number of nitrogens with one attached hydrogen (secondary N) is 1. The second kappa shape index (κ2) is 6.45. The summed E-state index contributed by atoms with van der Waals surface area (Å²) in [5.41, 5.74) is 0.755. The van der Waals surface area contributed by atoms with Gasteiger partial charge in [0.05, 0.1) is 6.61 Å². The van der Waals surface area contributed by atoms with Gasteiger partial charge >= 0.3 is 6.09 Å². The van der Waals surface area contributed by atoms with Gasteiger partial charge in [0.1, 0.15) is 5.82 Å². The van der Waals surface area contributed by atoms with Crippen molar-refractivity contribution in [3.63, 3.8) is 0 Å². The summed E-state index contributed by atoms with van der Waals surface area (Å²) in [6.45, 7) is 3.90. The van der Waals surface area contributed by atoms with Crippen LogP contribution in [0.2, 0.25) is 5.02 Å². The molecule has 0 bridgehead atoms. The Balaban J connectivity index is 2.38. The summed E-state index contributed by atoms with van der Waals surface area (Å²) in [5, 5.41) is 2.94. The zero-order valence-corrected chi connectivity index (χ0v) is 10.6. The maximum atomic E-state index is 12.8. The van der Waals surface area contributed by atoms with Gasteiger partial charge in [-0.2, -0.15) is 0 Å². The summed E-state index contributed by atoms with van der Waals surface area (Å²) in [4.78, 5) is 11.2. The van der Waals surface area contributed by atoms with Crippen LogP contribution >= 0.6 is 11.6 Å². The van der Waals surface area contributed by atoms with E-state index < -0.39 is 6.09 Å². The summed E-state index contributed by atoms with van der Waals surface area (Å²) in [6, 6.07) is 4.19. The summed E-state index contributed by atoms with van der Waals surface area (Å²) in [7, 11) is 0. The second-order valence-corrected chi connectivity index (χ2v) is 4.33. The number of benzene rings is 1. The van der Waals surface area contributed by atoms with Crippen LogP contribution < -0.4 is 5.32 Å². The number of amides is 1. The fraction of sp³-hybridized carbons (Fsp3) is 0.417. The Hall–Kier alpha value is -1.29. The van der Waals surface area contributed by atoms with Crippen LogP contribution in [0.5, 0.6) is 0 Å². The van der Waals surface area contributed by atoms with Crippen LogP contribution in [0.3, 0.4) is 0 Å². The molecule has 1 amide bonds. The monoisotopic (exact) mass is 259 g/mol. The van der Waals surface area contributed by atoms with Gasteiger partial charge in [0.15, 0.2) is 0 Å². The number of carbonyl (C=O) groups excluding carboxylic acids is 1. The molecule has 0 aromatic heterocycles. The molecular weight excluding hydrogens is 245 g/mol. The molecule has 5 heteroatoms. The van der Waals surface area contributed by atoms with Crippen LogP contribution in [0.25, 0.3) is 0 Å². The fourth-order valence-corrected chi connectivity index (χ4v) is 1.52. The zero-order valence-electron chi connectivity index (χ0n) is 9.80. The standard InChI is InChI=1S/C12H15ClFNO2/c1-8(2)15-12(16)17-6-5-9-3-4-10(14)7-11(9)13/h3-4,7-8H,5-6H2,1-2H3,(H,15,16). The topological polar surface area (TPSA) is 38.3 Å². The number of rotatable bonds is 4. The number of hydrogen-bond donors (Lipinski definition) is 1. The Morgan fingerprint density at radius 1 is 1.53 bits per heavy atom. The predicted octanol–water partition coefficient (Wildman–Crippen LogP) is 3.16. The molecule has 0 unspecified atom stereocenters. The van der Waals surface area contributed by atoms with E-state index in [1.54, 1.807) is 6.07 Å². The van der Waals surface area contributed by atoms with E-state index >= 15 is 0 Å². The maximum Gasteiger partial charge on any atom is 0.407 e. The minimum atomic E-state index is -0.460. The SMILES string of the molecule is CC(C)NC(=O)OCCc1ccc(F)cc1Cl. The lowest BCUT2D eigenvalue weighted by Gasteiger charge is -2.09. The van der Waals surface area contributed by atoms with Gasteiger partial charge in [-0.3, -0.25) is 0 Å². The summed E-state index contributed by atoms with van der Waals surface area (Å²) < 4.78 is 17.7. The molecule has 0 atom stereocenters. The first-order valence-electron chi connectivity index (χ1n) is 5.36. The van der Waals surface area contributed by atoms with Crippen LogP contribution in [0, 0.1) is 5.82 Å². The summed E-state index contributed by atoms with van der Waals surface area (Å²) >= 11 is 5.83. The van der Waals surface area contributed by atoms with Gasteiger partial charge in [0.2, 0.25) is 0 Å². The van der Waals surface area contributed by atoms with Gasteiger partial charge in [-0.25, -0.2) is 9.18 Å². The Morgan fingerprint density at radius 2 is 2.24 bits per heavy atom. The van der Waals surface area contributed by atoms with Gasteiger partial charge < -0.3 is 10.1 Å². The molecule has 0 fully saturated rings. The van der Waals surface area contributed by atoms with Crippen molar-refractivity contribution in [3.8, 4) is 0 Å². The smallest absolute Gasteiger partial charge is 0.407 e. The first kappa shape index (κ1) is 13.8. The van der Waals surface area contributed by atoms with Crippen LogP contribution in [0.15, 0.2) is 18.2 Å². The van der Waals surface area contributed by atoms with Crippen LogP contribution in [0.4, 0.5) is 9.18 Å². The largest absolute Gasteiger partial charge is 0.449 e.